The summed E-state index contributed by atoms with van der Waals surface area (Å²) in [5.41, 5.74) is 0.901. The van der Waals surface area contributed by atoms with Crippen molar-refractivity contribution in [3.05, 3.63) is 33.7 Å². The minimum atomic E-state index is 0.299. The fourth-order valence-corrected chi connectivity index (χ4v) is 1.86. The lowest BCUT2D eigenvalue weighted by Crippen LogP contribution is -1.97. The highest BCUT2D eigenvalue weighted by Crippen LogP contribution is 2.28. The predicted octanol–water partition coefficient (Wildman–Crippen LogP) is 4.28. The molecule has 0 aliphatic rings. The first kappa shape index (κ1) is 11.6. The third-order valence-corrected chi connectivity index (χ3v) is 2.94. The first-order valence-electron chi connectivity index (χ1n) is 4.85. The molecule has 2 heterocycles. The van der Waals surface area contributed by atoms with Crippen LogP contribution >= 0.6 is 27.5 Å². The summed E-state index contributed by atoms with van der Waals surface area (Å²) in [6.45, 7) is 4.11. The van der Waals surface area contributed by atoms with Gasteiger partial charge in [0.2, 0.25) is 0 Å². The number of rotatable bonds is 2. The molecule has 0 atom stereocenters. The van der Waals surface area contributed by atoms with Crippen molar-refractivity contribution in [2.24, 2.45) is 0 Å². The van der Waals surface area contributed by atoms with Crippen molar-refractivity contribution in [1.82, 2.24) is 9.97 Å². The molecule has 84 valence electrons. The average molecular weight is 302 g/mol. The monoisotopic (exact) mass is 300 g/mol. The van der Waals surface area contributed by atoms with E-state index in [2.05, 4.69) is 39.7 Å². The Morgan fingerprint density at radius 2 is 2.12 bits per heavy atom. The summed E-state index contributed by atoms with van der Waals surface area (Å²) < 4.78 is 6.13. The van der Waals surface area contributed by atoms with E-state index in [1.54, 1.807) is 18.4 Å². The van der Waals surface area contributed by atoms with Crippen molar-refractivity contribution < 1.29 is 4.42 Å². The van der Waals surface area contributed by atoms with E-state index in [0.717, 1.165) is 10.2 Å². The Morgan fingerprint density at radius 3 is 2.69 bits per heavy atom. The molecule has 0 radical (unpaired) electrons. The van der Waals surface area contributed by atoms with E-state index in [1.165, 1.54) is 0 Å². The fourth-order valence-electron chi connectivity index (χ4n) is 1.29. The van der Waals surface area contributed by atoms with Gasteiger partial charge in [-0.3, -0.25) is 0 Å². The van der Waals surface area contributed by atoms with Gasteiger partial charge < -0.3 is 4.42 Å². The maximum Gasteiger partial charge on any atom is 0.198 e. The quantitative estimate of drug-likeness (QED) is 0.777. The van der Waals surface area contributed by atoms with Gasteiger partial charge in [-0.15, -0.1) is 0 Å². The smallest absolute Gasteiger partial charge is 0.198 e. The highest BCUT2D eigenvalue weighted by Gasteiger charge is 2.13. The lowest BCUT2D eigenvalue weighted by Gasteiger charge is -2.06. The van der Waals surface area contributed by atoms with Gasteiger partial charge >= 0.3 is 0 Å². The second-order valence-corrected chi connectivity index (χ2v) is 4.93. The second kappa shape index (κ2) is 4.55. The van der Waals surface area contributed by atoms with Crippen LogP contribution in [0.25, 0.3) is 11.6 Å². The molecule has 0 aliphatic heterocycles. The zero-order valence-electron chi connectivity index (χ0n) is 8.87. The lowest BCUT2D eigenvalue weighted by molar-refractivity contribution is 0.575. The van der Waals surface area contributed by atoms with Crippen LogP contribution in [0, 0.1) is 0 Å². The Kier molecular flexibility index (Phi) is 3.30. The third-order valence-electron chi connectivity index (χ3n) is 2.13. The second-order valence-electron chi connectivity index (χ2n) is 3.69. The van der Waals surface area contributed by atoms with Crippen molar-refractivity contribution in [2.75, 3.05) is 0 Å². The zero-order valence-corrected chi connectivity index (χ0v) is 11.2. The minimum absolute atomic E-state index is 0.299. The van der Waals surface area contributed by atoms with Crippen molar-refractivity contribution in [3.63, 3.8) is 0 Å². The van der Waals surface area contributed by atoms with Crippen LogP contribution in [0.1, 0.15) is 25.5 Å². The molecule has 0 N–H and O–H groups in total. The van der Waals surface area contributed by atoms with Gasteiger partial charge in [-0.05, 0) is 34.0 Å². The van der Waals surface area contributed by atoms with E-state index in [9.17, 15) is 0 Å². The molecule has 0 unspecified atom stereocenters. The topological polar surface area (TPSA) is 38.9 Å². The molecule has 0 aliphatic carbocycles. The number of hydrogen-bond acceptors (Lipinski definition) is 3. The summed E-state index contributed by atoms with van der Waals surface area (Å²) in [5, 5.41) is 0.428. The van der Waals surface area contributed by atoms with Gasteiger partial charge in [0, 0.05) is 5.69 Å². The SMILES string of the molecule is CC(C)c1cc(Cl)nc(-c2occc2Br)n1. The summed E-state index contributed by atoms with van der Waals surface area (Å²) in [5.74, 6) is 1.41. The van der Waals surface area contributed by atoms with Gasteiger partial charge in [-0.1, -0.05) is 25.4 Å². The molecule has 0 saturated heterocycles. The number of furan rings is 1. The Labute approximate surface area is 107 Å². The van der Waals surface area contributed by atoms with E-state index in [0.29, 0.717) is 22.7 Å². The first-order chi connectivity index (χ1) is 7.58. The fraction of sp³-hybridized carbons (Fsp3) is 0.273. The van der Waals surface area contributed by atoms with Crippen LogP contribution in [-0.4, -0.2) is 9.97 Å². The van der Waals surface area contributed by atoms with Gasteiger partial charge in [-0.25, -0.2) is 9.97 Å². The molecule has 0 spiro atoms. The molecule has 5 heteroatoms. The highest BCUT2D eigenvalue weighted by atomic mass is 79.9. The van der Waals surface area contributed by atoms with Crippen molar-refractivity contribution in [3.8, 4) is 11.6 Å². The van der Waals surface area contributed by atoms with Gasteiger partial charge in [0.25, 0.3) is 0 Å². The standard InChI is InChI=1S/C11H10BrClN2O/c1-6(2)8-5-9(13)15-11(14-8)10-7(12)3-4-16-10/h3-6H,1-2H3. The van der Waals surface area contributed by atoms with Gasteiger partial charge in [0.05, 0.1) is 10.7 Å². The van der Waals surface area contributed by atoms with E-state index < -0.39 is 0 Å². The summed E-state index contributed by atoms with van der Waals surface area (Å²) in [6, 6.07) is 3.57. The Morgan fingerprint density at radius 1 is 1.38 bits per heavy atom. The average Bonchev–Trinajstić information content (AvgIpc) is 2.63. The molecule has 2 rings (SSSR count). The molecule has 0 bridgehead atoms. The molecule has 0 saturated carbocycles. The first-order valence-corrected chi connectivity index (χ1v) is 6.03. The van der Waals surface area contributed by atoms with Crippen LogP contribution in [0.5, 0.6) is 0 Å². The summed E-state index contributed by atoms with van der Waals surface area (Å²) >= 11 is 9.33. The molecule has 2 aromatic rings. The Bertz CT molecular complexity index is 510. The van der Waals surface area contributed by atoms with Gasteiger partial charge in [-0.2, -0.15) is 0 Å². The maximum atomic E-state index is 5.96. The Hall–Kier alpha value is -0.870. The van der Waals surface area contributed by atoms with Crippen LogP contribution in [0.15, 0.2) is 27.3 Å². The summed E-state index contributed by atoms with van der Waals surface area (Å²) in [4.78, 5) is 8.57. The van der Waals surface area contributed by atoms with Crippen molar-refractivity contribution in [1.29, 1.82) is 0 Å². The van der Waals surface area contributed by atoms with Gasteiger partial charge in [0.15, 0.2) is 11.6 Å². The van der Waals surface area contributed by atoms with Crippen LogP contribution in [-0.2, 0) is 0 Å². The molecular weight excluding hydrogens is 291 g/mol. The molecule has 0 amide bonds. The molecule has 0 fully saturated rings. The number of nitrogens with zero attached hydrogens (tertiary/aromatic N) is 2. The Balaban J connectivity index is 2.54. The molecule has 0 aromatic carbocycles. The largest absolute Gasteiger partial charge is 0.460 e. The molecule has 16 heavy (non-hydrogen) atoms. The summed E-state index contributed by atoms with van der Waals surface area (Å²) in [6.07, 6.45) is 1.58. The van der Waals surface area contributed by atoms with Crippen LogP contribution in [0.4, 0.5) is 0 Å². The van der Waals surface area contributed by atoms with Crippen LogP contribution < -0.4 is 0 Å². The summed E-state index contributed by atoms with van der Waals surface area (Å²) in [7, 11) is 0. The van der Waals surface area contributed by atoms with Crippen molar-refractivity contribution in [2.45, 2.75) is 19.8 Å². The van der Waals surface area contributed by atoms with E-state index in [4.69, 9.17) is 16.0 Å². The van der Waals surface area contributed by atoms with E-state index in [1.807, 2.05) is 0 Å². The maximum absolute atomic E-state index is 5.96. The lowest BCUT2D eigenvalue weighted by atomic mass is 10.1. The molecular formula is C11H10BrClN2O. The van der Waals surface area contributed by atoms with Crippen LogP contribution in [0.2, 0.25) is 5.15 Å². The van der Waals surface area contributed by atoms with Crippen LogP contribution in [0.3, 0.4) is 0 Å². The van der Waals surface area contributed by atoms with Gasteiger partial charge in [0.1, 0.15) is 5.15 Å². The zero-order chi connectivity index (χ0) is 11.7. The number of aromatic nitrogens is 2. The molecule has 2 aromatic heterocycles. The van der Waals surface area contributed by atoms with E-state index in [-0.39, 0.29) is 0 Å². The van der Waals surface area contributed by atoms with E-state index >= 15 is 0 Å². The predicted molar refractivity (Wildman–Crippen MR) is 66.5 cm³/mol. The number of halogens is 2. The minimum Gasteiger partial charge on any atom is -0.460 e. The third kappa shape index (κ3) is 2.28. The molecule has 3 nitrogen and oxygen atoms in total. The highest BCUT2D eigenvalue weighted by molar-refractivity contribution is 9.10. The number of hydrogen-bond donors (Lipinski definition) is 0. The normalized spacial score (nSPS) is 11.1. The van der Waals surface area contributed by atoms with Crippen molar-refractivity contribution >= 4 is 27.5 Å².